The van der Waals surface area contributed by atoms with Crippen LogP contribution in [0.4, 0.5) is 5.69 Å². The first-order chi connectivity index (χ1) is 13.6. The zero-order valence-electron chi connectivity index (χ0n) is 15.2. The van der Waals surface area contributed by atoms with Crippen LogP contribution in [0.1, 0.15) is 29.6 Å². The number of nitrogens with zero attached hydrogens (tertiary/aromatic N) is 5. The number of fused-ring (bicyclic) bond motifs is 5. The highest BCUT2D eigenvalue weighted by Gasteiger charge is 2.23. The fourth-order valence-corrected chi connectivity index (χ4v) is 5.00. The van der Waals surface area contributed by atoms with E-state index in [0.717, 1.165) is 28.7 Å². The van der Waals surface area contributed by atoms with Crippen LogP contribution in [-0.2, 0) is 19.4 Å². The molecule has 1 aromatic carbocycles. The van der Waals surface area contributed by atoms with Gasteiger partial charge in [0.1, 0.15) is 23.5 Å². The molecule has 1 atom stereocenters. The second kappa shape index (κ2) is 6.52. The van der Waals surface area contributed by atoms with E-state index < -0.39 is 4.92 Å². The number of non-ortho nitro benzene ring substituents is 1. The monoisotopic (exact) mass is 395 g/mol. The maximum absolute atomic E-state index is 10.7. The quantitative estimate of drug-likeness (QED) is 0.383. The summed E-state index contributed by atoms with van der Waals surface area (Å²) < 4.78 is 7.41. The minimum absolute atomic E-state index is 0.0308. The van der Waals surface area contributed by atoms with Crippen molar-refractivity contribution in [2.45, 2.75) is 32.8 Å². The van der Waals surface area contributed by atoms with Crippen molar-refractivity contribution >= 4 is 32.9 Å². The summed E-state index contributed by atoms with van der Waals surface area (Å²) in [5.41, 5.74) is 2.22. The van der Waals surface area contributed by atoms with Gasteiger partial charge in [-0.1, -0.05) is 6.92 Å². The lowest BCUT2D eigenvalue weighted by molar-refractivity contribution is -0.384. The molecule has 28 heavy (non-hydrogen) atoms. The van der Waals surface area contributed by atoms with Gasteiger partial charge in [-0.15, -0.1) is 16.4 Å². The highest BCUT2D eigenvalue weighted by atomic mass is 32.1. The maximum Gasteiger partial charge on any atom is 0.269 e. The van der Waals surface area contributed by atoms with Crippen LogP contribution in [0.3, 0.4) is 0 Å². The lowest BCUT2D eigenvalue weighted by Gasteiger charge is -2.17. The Hall–Kier alpha value is -3.07. The van der Waals surface area contributed by atoms with Gasteiger partial charge in [0.2, 0.25) is 0 Å². The van der Waals surface area contributed by atoms with Crippen molar-refractivity contribution in [2.24, 2.45) is 5.92 Å². The number of thiophene rings is 1. The van der Waals surface area contributed by atoms with Gasteiger partial charge < -0.3 is 4.74 Å². The first kappa shape index (κ1) is 17.1. The molecule has 0 amide bonds. The van der Waals surface area contributed by atoms with Crippen molar-refractivity contribution in [1.82, 2.24) is 19.6 Å². The minimum Gasteiger partial charge on any atom is -0.486 e. The molecule has 1 aliphatic carbocycles. The Labute approximate surface area is 164 Å². The van der Waals surface area contributed by atoms with Gasteiger partial charge in [-0.2, -0.15) is 0 Å². The molecule has 0 aliphatic heterocycles. The molecule has 4 aromatic rings. The fourth-order valence-electron chi connectivity index (χ4n) is 3.66. The van der Waals surface area contributed by atoms with Crippen LogP contribution < -0.4 is 4.74 Å². The van der Waals surface area contributed by atoms with Gasteiger partial charge >= 0.3 is 0 Å². The fraction of sp³-hybridized carbons (Fsp3) is 0.316. The van der Waals surface area contributed by atoms with Gasteiger partial charge in [-0.25, -0.2) is 14.5 Å². The minimum atomic E-state index is -0.437. The molecule has 0 radical (unpaired) electrons. The second-order valence-electron chi connectivity index (χ2n) is 7.11. The van der Waals surface area contributed by atoms with E-state index in [-0.39, 0.29) is 12.3 Å². The van der Waals surface area contributed by atoms with Gasteiger partial charge in [-0.3, -0.25) is 10.1 Å². The highest BCUT2D eigenvalue weighted by Crippen LogP contribution is 2.38. The van der Waals surface area contributed by atoms with Crippen LogP contribution >= 0.6 is 11.3 Å². The molecule has 8 nitrogen and oxygen atoms in total. The summed E-state index contributed by atoms with van der Waals surface area (Å²) in [6.45, 7) is 2.48. The number of nitro benzene ring substituents is 1. The summed E-state index contributed by atoms with van der Waals surface area (Å²) in [7, 11) is 0. The maximum atomic E-state index is 10.7. The molecule has 3 aromatic heterocycles. The number of hydrogen-bond acceptors (Lipinski definition) is 7. The van der Waals surface area contributed by atoms with Crippen molar-refractivity contribution < 1.29 is 9.66 Å². The van der Waals surface area contributed by atoms with Crippen LogP contribution in [0.25, 0.3) is 15.9 Å². The summed E-state index contributed by atoms with van der Waals surface area (Å²) in [6, 6.07) is 5.98. The molecule has 3 heterocycles. The Morgan fingerprint density at radius 3 is 2.96 bits per heavy atom. The van der Waals surface area contributed by atoms with E-state index in [1.165, 1.54) is 29.0 Å². The Kier molecular flexibility index (Phi) is 3.97. The largest absolute Gasteiger partial charge is 0.486 e. The second-order valence-corrected chi connectivity index (χ2v) is 8.20. The standard InChI is InChI=1S/C19H17N5O3S/c1-11-2-7-14-15(8-11)28-19-17(14)18-21-16(22-23(18)10-20-19)9-27-13-5-3-12(4-6-13)24(25)26/h3-6,10-11H,2,7-9H2,1H3/t11-/m0/s1. The first-order valence-corrected chi connectivity index (χ1v) is 9.92. The summed E-state index contributed by atoms with van der Waals surface area (Å²) in [5, 5.41) is 16.3. The van der Waals surface area contributed by atoms with E-state index in [9.17, 15) is 10.1 Å². The van der Waals surface area contributed by atoms with Crippen LogP contribution in [0, 0.1) is 16.0 Å². The van der Waals surface area contributed by atoms with Crippen LogP contribution in [-0.4, -0.2) is 24.5 Å². The summed E-state index contributed by atoms with van der Waals surface area (Å²) in [5.74, 6) is 1.80. The van der Waals surface area contributed by atoms with Gasteiger partial charge in [0.05, 0.1) is 10.3 Å². The van der Waals surface area contributed by atoms with E-state index in [4.69, 9.17) is 4.74 Å². The molecule has 0 spiro atoms. The van der Waals surface area contributed by atoms with Gasteiger partial charge in [0.15, 0.2) is 11.5 Å². The number of nitro groups is 1. The average Bonchev–Trinajstić information content (AvgIpc) is 3.26. The van der Waals surface area contributed by atoms with Crippen molar-refractivity contribution in [3.8, 4) is 5.75 Å². The third-order valence-corrected chi connectivity index (χ3v) is 6.25. The Morgan fingerprint density at radius 1 is 1.36 bits per heavy atom. The molecule has 1 aliphatic rings. The molecule has 0 saturated heterocycles. The van der Waals surface area contributed by atoms with Gasteiger partial charge in [0, 0.05) is 17.0 Å². The van der Waals surface area contributed by atoms with Crippen LogP contribution in [0.5, 0.6) is 5.75 Å². The van der Waals surface area contributed by atoms with Crippen LogP contribution in [0.15, 0.2) is 30.6 Å². The van der Waals surface area contributed by atoms with E-state index in [1.54, 1.807) is 34.3 Å². The molecule has 9 heteroatoms. The number of ether oxygens (including phenoxy) is 1. The highest BCUT2D eigenvalue weighted by molar-refractivity contribution is 7.19. The van der Waals surface area contributed by atoms with Crippen molar-refractivity contribution in [3.05, 3.63) is 57.0 Å². The van der Waals surface area contributed by atoms with E-state index >= 15 is 0 Å². The molecule has 5 rings (SSSR count). The number of hydrogen-bond donors (Lipinski definition) is 0. The molecule has 0 unspecified atom stereocenters. The zero-order chi connectivity index (χ0) is 19.3. The summed E-state index contributed by atoms with van der Waals surface area (Å²) in [4.78, 5) is 22.0. The number of aromatic nitrogens is 4. The van der Waals surface area contributed by atoms with Crippen molar-refractivity contribution in [3.63, 3.8) is 0 Å². The number of aryl methyl sites for hydroxylation is 1. The molecule has 0 saturated carbocycles. The van der Waals surface area contributed by atoms with Crippen molar-refractivity contribution in [2.75, 3.05) is 0 Å². The number of benzene rings is 1. The lowest BCUT2D eigenvalue weighted by Crippen LogP contribution is -2.08. The molecule has 0 fully saturated rings. The zero-order valence-corrected chi connectivity index (χ0v) is 16.0. The normalized spacial score (nSPS) is 16.4. The van der Waals surface area contributed by atoms with Gasteiger partial charge in [0.25, 0.3) is 5.69 Å². The predicted molar refractivity (Wildman–Crippen MR) is 105 cm³/mol. The molecule has 142 valence electrons. The van der Waals surface area contributed by atoms with E-state index in [0.29, 0.717) is 17.5 Å². The Balaban J connectivity index is 1.44. The molecular weight excluding hydrogens is 378 g/mol. The van der Waals surface area contributed by atoms with E-state index in [1.807, 2.05) is 0 Å². The lowest BCUT2D eigenvalue weighted by atomic mass is 9.89. The Morgan fingerprint density at radius 2 is 2.18 bits per heavy atom. The number of rotatable bonds is 4. The summed E-state index contributed by atoms with van der Waals surface area (Å²) >= 11 is 1.76. The molecule has 0 bridgehead atoms. The van der Waals surface area contributed by atoms with Crippen molar-refractivity contribution in [1.29, 1.82) is 0 Å². The molecule has 0 N–H and O–H groups in total. The third-order valence-electron chi connectivity index (χ3n) is 5.09. The average molecular weight is 395 g/mol. The summed E-state index contributed by atoms with van der Waals surface area (Å²) in [6.07, 6.45) is 5.04. The smallest absolute Gasteiger partial charge is 0.269 e. The topological polar surface area (TPSA) is 95.5 Å². The van der Waals surface area contributed by atoms with E-state index in [2.05, 4.69) is 22.0 Å². The van der Waals surface area contributed by atoms with Crippen LogP contribution in [0.2, 0.25) is 0 Å². The third kappa shape index (κ3) is 2.88. The molecular formula is C19H17N5O3S. The first-order valence-electron chi connectivity index (χ1n) is 9.10. The predicted octanol–water partition coefficient (Wildman–Crippen LogP) is 3.95. The Bertz CT molecular complexity index is 1200. The SMILES string of the molecule is C[C@H]1CCc2c(sc3ncn4nc(COc5ccc([N+](=O)[O-])cc5)nc4c23)C1. The van der Waals surface area contributed by atoms with Gasteiger partial charge in [-0.05, 0) is 42.9 Å².